The molecule has 0 saturated carbocycles. The van der Waals surface area contributed by atoms with E-state index in [-0.39, 0.29) is 0 Å². The molecule has 2 aromatic heterocycles. The van der Waals surface area contributed by atoms with Gasteiger partial charge in [0.2, 0.25) is 0 Å². The van der Waals surface area contributed by atoms with E-state index in [9.17, 15) is 0 Å². The molecule has 0 aliphatic heterocycles. The Bertz CT molecular complexity index is 1310. The van der Waals surface area contributed by atoms with E-state index >= 15 is 0 Å². The average molecular weight is 403 g/mol. The third-order valence-electron chi connectivity index (χ3n) is 5.06. The maximum absolute atomic E-state index is 4.52. The summed E-state index contributed by atoms with van der Waals surface area (Å²) in [5, 5.41) is 21.5. The third kappa shape index (κ3) is 3.28. The van der Waals surface area contributed by atoms with Crippen LogP contribution >= 0.6 is 0 Å². The van der Waals surface area contributed by atoms with Gasteiger partial charge in [-0.15, -0.1) is 20.4 Å². The fraction of sp³-hybridized carbons (Fsp3) is 0. The number of nitrogens with zero attached hydrogens (tertiary/aromatic N) is 6. The van der Waals surface area contributed by atoms with Crippen molar-refractivity contribution in [3.63, 3.8) is 0 Å². The fourth-order valence-corrected chi connectivity index (χ4v) is 3.47. The topological polar surface area (TPSA) is 73.5 Å². The normalized spacial score (nSPS) is 11.2. The second kappa shape index (κ2) is 7.07. The van der Waals surface area contributed by atoms with Crippen LogP contribution in [0.1, 0.15) is 0 Å². The number of benzene rings is 4. The van der Waals surface area contributed by atoms with Gasteiger partial charge in [0.15, 0.2) is 0 Å². The summed E-state index contributed by atoms with van der Waals surface area (Å²) in [5.41, 5.74) is 7.30. The standard InChI is InChI=1S/C24H17N7/c1-2-6-22-21(5-1)26-30(27-22)19-13-9-17(10-14-19)25-18-11-15-20(16-12-18)31-28-23-7-3-4-8-24(23)29-31/h1-16,25H. The molecule has 1 N–H and O–H groups in total. The van der Waals surface area contributed by atoms with Crippen LogP contribution in [0.5, 0.6) is 0 Å². The van der Waals surface area contributed by atoms with E-state index in [1.54, 1.807) is 9.59 Å². The molecule has 4 aromatic carbocycles. The molecular weight excluding hydrogens is 386 g/mol. The second-order valence-electron chi connectivity index (χ2n) is 7.18. The monoisotopic (exact) mass is 403 g/mol. The highest BCUT2D eigenvalue weighted by Crippen LogP contribution is 2.21. The number of anilines is 2. The molecule has 0 unspecified atom stereocenters. The van der Waals surface area contributed by atoms with Crippen molar-refractivity contribution in [2.24, 2.45) is 0 Å². The fourth-order valence-electron chi connectivity index (χ4n) is 3.47. The van der Waals surface area contributed by atoms with E-state index in [4.69, 9.17) is 0 Å². The molecule has 0 aliphatic rings. The first-order chi connectivity index (χ1) is 15.3. The van der Waals surface area contributed by atoms with Gasteiger partial charge >= 0.3 is 0 Å². The van der Waals surface area contributed by atoms with Crippen LogP contribution in [0.3, 0.4) is 0 Å². The molecule has 2 heterocycles. The number of nitrogens with one attached hydrogen (secondary N) is 1. The van der Waals surface area contributed by atoms with Crippen molar-refractivity contribution in [2.75, 3.05) is 5.32 Å². The van der Waals surface area contributed by atoms with Crippen LogP contribution in [-0.2, 0) is 0 Å². The van der Waals surface area contributed by atoms with Crippen LogP contribution in [0.2, 0.25) is 0 Å². The highest BCUT2D eigenvalue weighted by Gasteiger charge is 2.06. The summed E-state index contributed by atoms with van der Waals surface area (Å²) in [6.45, 7) is 0. The highest BCUT2D eigenvalue weighted by molar-refractivity contribution is 5.74. The lowest BCUT2D eigenvalue weighted by molar-refractivity contribution is 0.765. The number of aromatic nitrogens is 6. The van der Waals surface area contributed by atoms with Gasteiger partial charge < -0.3 is 5.32 Å². The number of hydrogen-bond acceptors (Lipinski definition) is 5. The molecule has 0 saturated heterocycles. The molecule has 0 bridgehead atoms. The van der Waals surface area contributed by atoms with Crippen LogP contribution in [0.4, 0.5) is 11.4 Å². The lowest BCUT2D eigenvalue weighted by atomic mass is 10.2. The quantitative estimate of drug-likeness (QED) is 0.453. The van der Waals surface area contributed by atoms with Crippen LogP contribution in [0.25, 0.3) is 33.4 Å². The number of hydrogen-bond donors (Lipinski definition) is 1. The molecule has 0 atom stereocenters. The zero-order valence-corrected chi connectivity index (χ0v) is 16.4. The van der Waals surface area contributed by atoms with Gasteiger partial charge in [-0.05, 0) is 72.8 Å². The van der Waals surface area contributed by atoms with E-state index < -0.39 is 0 Å². The zero-order valence-electron chi connectivity index (χ0n) is 16.4. The van der Waals surface area contributed by atoms with Crippen LogP contribution < -0.4 is 5.32 Å². The number of fused-ring (bicyclic) bond motifs is 2. The molecule has 148 valence electrons. The predicted molar refractivity (Wildman–Crippen MR) is 121 cm³/mol. The molecule has 7 nitrogen and oxygen atoms in total. The SMILES string of the molecule is c1ccc2nn(-c3ccc(Nc4ccc(-n5nc6ccccc6n5)cc4)cc3)nc2c1. The minimum absolute atomic E-state index is 0.879. The summed E-state index contributed by atoms with van der Waals surface area (Å²) in [7, 11) is 0. The summed E-state index contributed by atoms with van der Waals surface area (Å²) in [6.07, 6.45) is 0. The molecule has 0 spiro atoms. The molecule has 0 radical (unpaired) electrons. The Hall–Kier alpha value is -4.52. The highest BCUT2D eigenvalue weighted by atomic mass is 15.5. The van der Waals surface area contributed by atoms with E-state index in [0.717, 1.165) is 44.8 Å². The Morgan fingerprint density at radius 1 is 0.419 bits per heavy atom. The molecular formula is C24H17N7. The lowest BCUT2D eigenvalue weighted by Crippen LogP contribution is -2.00. The van der Waals surface area contributed by atoms with E-state index in [0.29, 0.717) is 0 Å². The molecule has 31 heavy (non-hydrogen) atoms. The maximum atomic E-state index is 4.52. The summed E-state index contributed by atoms with van der Waals surface area (Å²) < 4.78 is 0. The van der Waals surface area contributed by atoms with Gasteiger partial charge in [0, 0.05) is 11.4 Å². The second-order valence-corrected chi connectivity index (χ2v) is 7.18. The summed E-state index contributed by atoms with van der Waals surface area (Å²) in [4.78, 5) is 3.31. The van der Waals surface area contributed by atoms with E-state index in [1.165, 1.54) is 0 Å². The Kier molecular flexibility index (Phi) is 3.96. The van der Waals surface area contributed by atoms with Crippen molar-refractivity contribution in [1.82, 2.24) is 30.0 Å². The summed E-state index contributed by atoms with van der Waals surface area (Å²) >= 11 is 0. The van der Waals surface area contributed by atoms with Gasteiger partial charge in [0.05, 0.1) is 11.4 Å². The maximum Gasteiger partial charge on any atom is 0.113 e. The third-order valence-corrected chi connectivity index (χ3v) is 5.06. The number of rotatable bonds is 4. The first kappa shape index (κ1) is 17.3. The predicted octanol–water partition coefficient (Wildman–Crippen LogP) is 4.90. The summed E-state index contributed by atoms with van der Waals surface area (Å²) in [6, 6.07) is 31.7. The van der Waals surface area contributed by atoms with E-state index in [1.807, 2.05) is 97.1 Å². The minimum Gasteiger partial charge on any atom is -0.356 e. The van der Waals surface area contributed by atoms with Crippen molar-refractivity contribution in [3.05, 3.63) is 97.1 Å². The minimum atomic E-state index is 0.879. The Balaban J connectivity index is 1.20. The van der Waals surface area contributed by atoms with Crippen molar-refractivity contribution >= 4 is 33.4 Å². The van der Waals surface area contributed by atoms with Gasteiger partial charge in [-0.2, -0.15) is 9.59 Å². The van der Waals surface area contributed by atoms with Crippen LogP contribution in [-0.4, -0.2) is 30.0 Å². The molecule has 6 aromatic rings. The Labute approximate surface area is 177 Å². The first-order valence-electron chi connectivity index (χ1n) is 9.94. The molecule has 0 amide bonds. The first-order valence-corrected chi connectivity index (χ1v) is 9.94. The van der Waals surface area contributed by atoms with Gasteiger partial charge in [0.25, 0.3) is 0 Å². The Morgan fingerprint density at radius 3 is 1.06 bits per heavy atom. The van der Waals surface area contributed by atoms with Gasteiger partial charge in [-0.25, -0.2) is 0 Å². The van der Waals surface area contributed by atoms with Crippen molar-refractivity contribution in [3.8, 4) is 11.4 Å². The van der Waals surface area contributed by atoms with Gasteiger partial charge in [-0.3, -0.25) is 0 Å². The largest absolute Gasteiger partial charge is 0.356 e. The zero-order chi connectivity index (χ0) is 20.6. The van der Waals surface area contributed by atoms with Gasteiger partial charge in [-0.1, -0.05) is 24.3 Å². The van der Waals surface area contributed by atoms with Crippen molar-refractivity contribution < 1.29 is 0 Å². The van der Waals surface area contributed by atoms with E-state index in [2.05, 4.69) is 25.7 Å². The molecule has 0 fully saturated rings. The average Bonchev–Trinajstić information content (AvgIpc) is 3.44. The van der Waals surface area contributed by atoms with Crippen LogP contribution in [0.15, 0.2) is 97.1 Å². The lowest BCUT2D eigenvalue weighted by Gasteiger charge is -2.08. The van der Waals surface area contributed by atoms with Crippen molar-refractivity contribution in [2.45, 2.75) is 0 Å². The molecule has 0 aliphatic carbocycles. The van der Waals surface area contributed by atoms with Crippen molar-refractivity contribution in [1.29, 1.82) is 0 Å². The Morgan fingerprint density at radius 2 is 0.742 bits per heavy atom. The van der Waals surface area contributed by atoms with Gasteiger partial charge in [0.1, 0.15) is 22.1 Å². The molecule has 7 heteroatoms. The summed E-state index contributed by atoms with van der Waals surface area (Å²) in [5.74, 6) is 0. The van der Waals surface area contributed by atoms with Crippen LogP contribution in [0, 0.1) is 0 Å². The smallest absolute Gasteiger partial charge is 0.113 e. The molecule has 6 rings (SSSR count).